The quantitative estimate of drug-likeness (QED) is 0.846. The summed E-state index contributed by atoms with van der Waals surface area (Å²) < 4.78 is 0. The molecule has 1 aromatic carbocycles. The second kappa shape index (κ2) is 7.27. The van der Waals surface area contributed by atoms with Crippen LogP contribution in [0.1, 0.15) is 16.8 Å². The minimum absolute atomic E-state index is 0.0430. The van der Waals surface area contributed by atoms with Crippen LogP contribution in [-0.4, -0.2) is 41.0 Å². The van der Waals surface area contributed by atoms with E-state index >= 15 is 0 Å². The first-order valence-corrected chi connectivity index (χ1v) is 9.13. The summed E-state index contributed by atoms with van der Waals surface area (Å²) in [5.74, 6) is 0.182. The average Bonchev–Trinajstić information content (AvgIpc) is 2.58. The van der Waals surface area contributed by atoms with Gasteiger partial charge < -0.3 is 4.90 Å². The number of likely N-dealkylation sites (N-methyl/N-ethyl adjacent to an activating group) is 1. The van der Waals surface area contributed by atoms with E-state index in [0.29, 0.717) is 12.3 Å². The van der Waals surface area contributed by atoms with Gasteiger partial charge in [-0.1, -0.05) is 42.1 Å². The Bertz CT molecular complexity index is 808. The Morgan fingerprint density at radius 2 is 2.00 bits per heavy atom. The van der Waals surface area contributed by atoms with Crippen molar-refractivity contribution >= 4 is 29.3 Å². The van der Waals surface area contributed by atoms with Crippen molar-refractivity contribution in [2.24, 2.45) is 0 Å². The molecular formula is C19H21N3O2S. The van der Waals surface area contributed by atoms with E-state index in [-0.39, 0.29) is 18.4 Å². The van der Waals surface area contributed by atoms with Crippen molar-refractivity contribution in [2.75, 3.05) is 24.2 Å². The van der Waals surface area contributed by atoms with Gasteiger partial charge in [0, 0.05) is 19.3 Å². The highest BCUT2D eigenvalue weighted by molar-refractivity contribution is 8.00. The van der Waals surface area contributed by atoms with Crippen LogP contribution in [0, 0.1) is 13.8 Å². The summed E-state index contributed by atoms with van der Waals surface area (Å²) in [7, 11) is 1.76. The number of aryl methyl sites for hydroxylation is 2. The summed E-state index contributed by atoms with van der Waals surface area (Å²) in [6.45, 7) is 4.46. The number of anilines is 1. The third kappa shape index (κ3) is 3.85. The van der Waals surface area contributed by atoms with E-state index in [4.69, 9.17) is 0 Å². The fourth-order valence-electron chi connectivity index (χ4n) is 2.93. The number of pyridine rings is 1. The van der Waals surface area contributed by atoms with Crippen molar-refractivity contribution in [2.45, 2.75) is 25.4 Å². The lowest BCUT2D eigenvalue weighted by atomic mass is 10.2. The van der Waals surface area contributed by atoms with Gasteiger partial charge in [0.2, 0.25) is 11.8 Å². The molecule has 0 bridgehead atoms. The Labute approximate surface area is 152 Å². The second-order valence-corrected chi connectivity index (χ2v) is 7.20. The van der Waals surface area contributed by atoms with Crippen molar-refractivity contribution in [3.8, 4) is 0 Å². The molecule has 0 saturated heterocycles. The third-order valence-electron chi connectivity index (χ3n) is 4.16. The predicted molar refractivity (Wildman–Crippen MR) is 99.7 cm³/mol. The molecule has 2 heterocycles. The predicted octanol–water partition coefficient (Wildman–Crippen LogP) is 2.80. The Hall–Kier alpha value is -2.34. The van der Waals surface area contributed by atoms with E-state index in [2.05, 4.69) is 4.98 Å². The van der Waals surface area contributed by atoms with Gasteiger partial charge in [0.05, 0.1) is 11.4 Å². The third-order valence-corrected chi connectivity index (χ3v) is 5.11. The number of carbonyl (C=O) groups excluding carboxylic acids is 2. The lowest BCUT2D eigenvalue weighted by Gasteiger charge is -2.31. The molecule has 0 fully saturated rings. The second-order valence-electron chi connectivity index (χ2n) is 6.24. The lowest BCUT2D eigenvalue weighted by Crippen LogP contribution is -2.44. The summed E-state index contributed by atoms with van der Waals surface area (Å²) >= 11 is 1.44. The molecule has 0 unspecified atom stereocenters. The van der Waals surface area contributed by atoms with Crippen LogP contribution in [0.4, 0.5) is 5.69 Å². The number of hydrogen-bond donors (Lipinski definition) is 0. The molecule has 1 aliphatic heterocycles. The van der Waals surface area contributed by atoms with Crippen LogP contribution in [0.3, 0.4) is 0 Å². The molecule has 6 heteroatoms. The number of amides is 2. The first kappa shape index (κ1) is 17.5. The van der Waals surface area contributed by atoms with E-state index in [1.807, 2.05) is 50.2 Å². The average molecular weight is 355 g/mol. The minimum atomic E-state index is -0.0879. The van der Waals surface area contributed by atoms with Crippen LogP contribution < -0.4 is 4.90 Å². The highest BCUT2D eigenvalue weighted by atomic mass is 32.2. The smallest absolute Gasteiger partial charge is 0.242 e. The summed E-state index contributed by atoms with van der Waals surface area (Å²) in [6.07, 6.45) is 0. The van der Waals surface area contributed by atoms with E-state index in [0.717, 1.165) is 27.5 Å². The fraction of sp³-hybridized carbons (Fsp3) is 0.316. The number of hydrogen-bond acceptors (Lipinski definition) is 4. The molecule has 0 radical (unpaired) electrons. The first-order chi connectivity index (χ1) is 12.0. The maximum Gasteiger partial charge on any atom is 0.242 e. The summed E-state index contributed by atoms with van der Waals surface area (Å²) in [6, 6.07) is 11.8. The van der Waals surface area contributed by atoms with Crippen molar-refractivity contribution in [3.05, 3.63) is 53.2 Å². The summed E-state index contributed by atoms with van der Waals surface area (Å²) in [5.41, 5.74) is 3.73. The number of thioether (sulfide) groups is 1. The standard InChI is InChI=1S/C19H21N3O2S/c1-13-9-14(2)20-19-18(13)22(17(24)12-25-19)11-16(23)21(3)10-15-7-5-4-6-8-15/h4-9H,10-12H2,1-3H3. The van der Waals surface area contributed by atoms with Crippen molar-refractivity contribution < 1.29 is 9.59 Å². The molecule has 0 saturated carbocycles. The van der Waals surface area contributed by atoms with Gasteiger partial charge in [-0.3, -0.25) is 14.5 Å². The minimum Gasteiger partial charge on any atom is -0.340 e. The van der Waals surface area contributed by atoms with E-state index in [9.17, 15) is 9.59 Å². The van der Waals surface area contributed by atoms with E-state index in [1.54, 1.807) is 16.8 Å². The van der Waals surface area contributed by atoms with Crippen molar-refractivity contribution in [3.63, 3.8) is 0 Å². The fourth-order valence-corrected chi connectivity index (χ4v) is 3.96. The topological polar surface area (TPSA) is 53.5 Å². The monoisotopic (exact) mass is 355 g/mol. The van der Waals surface area contributed by atoms with Crippen LogP contribution in [-0.2, 0) is 16.1 Å². The van der Waals surface area contributed by atoms with Crippen molar-refractivity contribution in [1.29, 1.82) is 0 Å². The molecule has 0 spiro atoms. The van der Waals surface area contributed by atoms with Gasteiger partial charge >= 0.3 is 0 Å². The molecule has 0 aliphatic carbocycles. The van der Waals surface area contributed by atoms with Gasteiger partial charge in [-0.25, -0.2) is 4.98 Å². The largest absolute Gasteiger partial charge is 0.340 e. The van der Waals surface area contributed by atoms with Crippen LogP contribution in [0.5, 0.6) is 0 Å². The van der Waals surface area contributed by atoms with Crippen LogP contribution >= 0.6 is 11.8 Å². The molecule has 25 heavy (non-hydrogen) atoms. The maximum atomic E-state index is 12.7. The molecule has 3 rings (SSSR count). The molecule has 0 atom stereocenters. The van der Waals surface area contributed by atoms with Gasteiger partial charge in [-0.2, -0.15) is 0 Å². The molecular weight excluding hydrogens is 334 g/mol. The van der Waals surface area contributed by atoms with Gasteiger partial charge in [0.1, 0.15) is 11.6 Å². The highest BCUT2D eigenvalue weighted by Gasteiger charge is 2.30. The highest BCUT2D eigenvalue weighted by Crippen LogP contribution is 2.36. The molecule has 1 aliphatic rings. The van der Waals surface area contributed by atoms with Gasteiger partial charge in [0.15, 0.2) is 0 Å². The Balaban J connectivity index is 1.78. The zero-order chi connectivity index (χ0) is 18.0. The zero-order valence-corrected chi connectivity index (χ0v) is 15.5. The normalized spacial score (nSPS) is 13.6. The number of carbonyl (C=O) groups is 2. The number of benzene rings is 1. The van der Waals surface area contributed by atoms with E-state index < -0.39 is 0 Å². The molecule has 0 N–H and O–H groups in total. The van der Waals surface area contributed by atoms with Crippen molar-refractivity contribution in [1.82, 2.24) is 9.88 Å². The Morgan fingerprint density at radius 3 is 2.72 bits per heavy atom. The van der Waals surface area contributed by atoms with Gasteiger partial charge in [0.25, 0.3) is 0 Å². The Morgan fingerprint density at radius 1 is 1.28 bits per heavy atom. The Kier molecular flexibility index (Phi) is 5.08. The summed E-state index contributed by atoms with van der Waals surface area (Å²) in [4.78, 5) is 32.8. The van der Waals surface area contributed by atoms with Gasteiger partial charge in [-0.05, 0) is 31.0 Å². The molecule has 2 aromatic rings. The van der Waals surface area contributed by atoms with Crippen LogP contribution in [0.25, 0.3) is 0 Å². The summed E-state index contributed by atoms with van der Waals surface area (Å²) in [5, 5.41) is 0.829. The lowest BCUT2D eigenvalue weighted by molar-refractivity contribution is -0.130. The molecule has 130 valence electrons. The number of fused-ring (bicyclic) bond motifs is 1. The molecule has 5 nitrogen and oxygen atoms in total. The zero-order valence-electron chi connectivity index (χ0n) is 14.7. The van der Waals surface area contributed by atoms with E-state index in [1.165, 1.54) is 11.8 Å². The number of nitrogens with zero attached hydrogens (tertiary/aromatic N) is 3. The number of aromatic nitrogens is 1. The molecule has 1 aromatic heterocycles. The van der Waals surface area contributed by atoms with Gasteiger partial charge in [-0.15, -0.1) is 0 Å². The molecule has 2 amide bonds. The van der Waals surface area contributed by atoms with Crippen LogP contribution in [0.15, 0.2) is 41.4 Å². The SMILES string of the molecule is Cc1cc(C)c2c(n1)SCC(=O)N2CC(=O)N(C)Cc1ccccc1. The number of rotatable bonds is 4. The van der Waals surface area contributed by atoms with Crippen LogP contribution in [0.2, 0.25) is 0 Å². The maximum absolute atomic E-state index is 12.7. The first-order valence-electron chi connectivity index (χ1n) is 8.15.